The van der Waals surface area contributed by atoms with Crippen molar-refractivity contribution >= 4 is 28.9 Å². The predicted octanol–water partition coefficient (Wildman–Crippen LogP) is 5.49. The van der Waals surface area contributed by atoms with Crippen LogP contribution in [0.4, 0.5) is 10.1 Å². The highest BCUT2D eigenvalue weighted by atomic mass is 35.5. The van der Waals surface area contributed by atoms with Gasteiger partial charge in [0.05, 0.1) is 15.7 Å². The molecule has 0 radical (unpaired) electrons. The molecule has 2 aromatic carbocycles. The van der Waals surface area contributed by atoms with Crippen molar-refractivity contribution in [3.63, 3.8) is 0 Å². The van der Waals surface area contributed by atoms with E-state index in [1.165, 1.54) is 6.07 Å². The molecule has 1 N–H and O–H groups in total. The Kier molecular flexibility index (Phi) is 3.86. The predicted molar refractivity (Wildman–Crippen MR) is 82.2 cm³/mol. The first kappa shape index (κ1) is 13.7. The summed E-state index contributed by atoms with van der Waals surface area (Å²) in [6.45, 7) is 0. The number of benzene rings is 2. The van der Waals surface area contributed by atoms with Crippen LogP contribution in [0.2, 0.25) is 10.0 Å². The van der Waals surface area contributed by atoms with E-state index < -0.39 is 0 Å². The van der Waals surface area contributed by atoms with Gasteiger partial charge in [0.15, 0.2) is 0 Å². The molecule has 20 heavy (non-hydrogen) atoms. The van der Waals surface area contributed by atoms with Crippen LogP contribution in [0.25, 0.3) is 0 Å². The van der Waals surface area contributed by atoms with Crippen molar-refractivity contribution in [1.82, 2.24) is 0 Å². The van der Waals surface area contributed by atoms with Gasteiger partial charge in [-0.3, -0.25) is 0 Å². The maximum Gasteiger partial charge on any atom is 0.123 e. The molecular formula is C16H14Cl2FN. The van der Waals surface area contributed by atoms with Gasteiger partial charge in [0.2, 0.25) is 0 Å². The largest absolute Gasteiger partial charge is 0.380 e. The van der Waals surface area contributed by atoms with E-state index in [2.05, 4.69) is 5.32 Å². The molecule has 2 aromatic rings. The van der Waals surface area contributed by atoms with Crippen molar-refractivity contribution in [2.75, 3.05) is 5.32 Å². The van der Waals surface area contributed by atoms with E-state index in [-0.39, 0.29) is 5.82 Å². The Morgan fingerprint density at radius 3 is 2.30 bits per heavy atom. The minimum Gasteiger partial charge on any atom is -0.380 e. The van der Waals surface area contributed by atoms with Crippen LogP contribution in [0.3, 0.4) is 0 Å². The molecule has 4 heteroatoms. The maximum absolute atomic E-state index is 13.2. The van der Waals surface area contributed by atoms with Crippen LogP contribution in [0.1, 0.15) is 24.3 Å². The zero-order valence-corrected chi connectivity index (χ0v) is 12.3. The average Bonchev–Trinajstić information content (AvgIpc) is 2.36. The van der Waals surface area contributed by atoms with Gasteiger partial charge in [-0.15, -0.1) is 0 Å². The van der Waals surface area contributed by atoms with E-state index >= 15 is 0 Å². The smallest absolute Gasteiger partial charge is 0.123 e. The van der Waals surface area contributed by atoms with E-state index in [1.807, 2.05) is 24.3 Å². The minimum absolute atomic E-state index is 0.173. The Labute approximate surface area is 127 Å². The first-order valence-electron chi connectivity index (χ1n) is 6.59. The monoisotopic (exact) mass is 309 g/mol. The summed E-state index contributed by atoms with van der Waals surface area (Å²) in [6.07, 6.45) is 1.93. The van der Waals surface area contributed by atoms with Crippen LogP contribution in [-0.4, -0.2) is 6.04 Å². The third kappa shape index (κ3) is 2.77. The lowest BCUT2D eigenvalue weighted by Crippen LogP contribution is -2.34. The lowest BCUT2D eigenvalue weighted by atomic mass is 9.76. The molecular weight excluding hydrogens is 296 g/mol. The molecule has 1 aliphatic rings. The molecule has 1 saturated carbocycles. The standard InChI is InChI=1S/C16H14Cl2FN/c17-14-5-2-6-15(18)16(14)20-13-8-11(9-13)10-3-1-4-12(19)7-10/h1-7,11,13,20H,8-9H2. The van der Waals surface area contributed by atoms with Crippen LogP contribution in [-0.2, 0) is 0 Å². The molecule has 0 aromatic heterocycles. The third-order valence-electron chi connectivity index (χ3n) is 3.77. The SMILES string of the molecule is Fc1cccc(C2CC(Nc3c(Cl)cccc3Cl)C2)c1. The zero-order valence-electron chi connectivity index (χ0n) is 10.7. The van der Waals surface area contributed by atoms with E-state index in [9.17, 15) is 4.39 Å². The molecule has 0 aliphatic heterocycles. The molecule has 1 fully saturated rings. The maximum atomic E-state index is 13.2. The molecule has 0 spiro atoms. The lowest BCUT2D eigenvalue weighted by Gasteiger charge is -2.37. The van der Waals surface area contributed by atoms with Crippen molar-refractivity contribution in [2.24, 2.45) is 0 Å². The molecule has 0 atom stereocenters. The van der Waals surface area contributed by atoms with Gasteiger partial charge in [0.25, 0.3) is 0 Å². The number of anilines is 1. The van der Waals surface area contributed by atoms with Crippen molar-refractivity contribution in [2.45, 2.75) is 24.8 Å². The second-order valence-electron chi connectivity index (χ2n) is 5.16. The number of nitrogens with one attached hydrogen (secondary N) is 1. The van der Waals surface area contributed by atoms with Crippen LogP contribution in [0, 0.1) is 5.82 Å². The number of rotatable bonds is 3. The van der Waals surface area contributed by atoms with E-state index in [4.69, 9.17) is 23.2 Å². The number of hydrogen-bond donors (Lipinski definition) is 1. The Morgan fingerprint density at radius 2 is 1.65 bits per heavy atom. The van der Waals surface area contributed by atoms with Gasteiger partial charge in [-0.2, -0.15) is 0 Å². The van der Waals surface area contributed by atoms with E-state index in [1.54, 1.807) is 12.1 Å². The summed E-state index contributed by atoms with van der Waals surface area (Å²) >= 11 is 12.3. The Morgan fingerprint density at radius 1 is 1.00 bits per heavy atom. The molecule has 0 bridgehead atoms. The summed E-state index contributed by atoms with van der Waals surface area (Å²) in [5, 5.41) is 4.63. The molecule has 1 nitrogen and oxygen atoms in total. The second-order valence-corrected chi connectivity index (χ2v) is 5.98. The van der Waals surface area contributed by atoms with Gasteiger partial charge >= 0.3 is 0 Å². The minimum atomic E-state index is -0.173. The molecule has 3 rings (SSSR count). The van der Waals surface area contributed by atoms with Crippen molar-refractivity contribution < 1.29 is 4.39 Å². The second kappa shape index (κ2) is 5.63. The fourth-order valence-corrected chi connectivity index (χ4v) is 3.11. The van der Waals surface area contributed by atoms with Gasteiger partial charge in [0, 0.05) is 6.04 Å². The average molecular weight is 310 g/mol. The molecule has 1 aliphatic carbocycles. The third-order valence-corrected chi connectivity index (χ3v) is 4.40. The fraction of sp³-hybridized carbons (Fsp3) is 0.250. The highest BCUT2D eigenvalue weighted by Crippen LogP contribution is 2.40. The number of halogens is 3. The summed E-state index contributed by atoms with van der Waals surface area (Å²) in [5.74, 6) is 0.234. The van der Waals surface area contributed by atoms with Gasteiger partial charge < -0.3 is 5.32 Å². The van der Waals surface area contributed by atoms with Crippen molar-refractivity contribution in [1.29, 1.82) is 0 Å². The van der Waals surface area contributed by atoms with Gasteiger partial charge in [-0.25, -0.2) is 4.39 Å². The summed E-state index contributed by atoms with van der Waals surface area (Å²) in [7, 11) is 0. The van der Waals surface area contributed by atoms with Crippen LogP contribution < -0.4 is 5.32 Å². The summed E-state index contributed by atoms with van der Waals surface area (Å²) in [4.78, 5) is 0. The van der Waals surface area contributed by atoms with E-state index in [0.29, 0.717) is 22.0 Å². The Balaban J connectivity index is 1.64. The van der Waals surface area contributed by atoms with Gasteiger partial charge in [0.1, 0.15) is 5.82 Å². The highest BCUT2D eigenvalue weighted by Gasteiger charge is 2.31. The van der Waals surface area contributed by atoms with Crippen LogP contribution >= 0.6 is 23.2 Å². The number of hydrogen-bond acceptors (Lipinski definition) is 1. The van der Waals surface area contributed by atoms with E-state index in [0.717, 1.165) is 24.1 Å². The molecule has 0 unspecified atom stereocenters. The summed E-state index contributed by atoms with van der Waals surface area (Å²) < 4.78 is 13.2. The molecule has 0 saturated heterocycles. The zero-order chi connectivity index (χ0) is 14.1. The van der Waals surface area contributed by atoms with Crippen molar-refractivity contribution in [3.05, 3.63) is 63.9 Å². The summed E-state index contributed by atoms with van der Waals surface area (Å²) in [5.41, 5.74) is 1.85. The quantitative estimate of drug-likeness (QED) is 0.790. The van der Waals surface area contributed by atoms with Gasteiger partial charge in [-0.05, 0) is 48.6 Å². The Hall–Kier alpha value is -1.25. The molecule has 0 heterocycles. The Bertz CT molecular complexity index is 603. The first-order chi connectivity index (χ1) is 9.63. The lowest BCUT2D eigenvalue weighted by molar-refractivity contribution is 0.373. The van der Waals surface area contributed by atoms with Crippen LogP contribution in [0.5, 0.6) is 0 Å². The van der Waals surface area contributed by atoms with Crippen LogP contribution in [0.15, 0.2) is 42.5 Å². The summed E-state index contributed by atoms with van der Waals surface area (Å²) in [6, 6.07) is 12.6. The highest BCUT2D eigenvalue weighted by molar-refractivity contribution is 6.39. The molecule has 0 amide bonds. The topological polar surface area (TPSA) is 12.0 Å². The van der Waals surface area contributed by atoms with Gasteiger partial charge in [-0.1, -0.05) is 41.4 Å². The fourth-order valence-electron chi connectivity index (χ4n) is 2.61. The number of para-hydroxylation sites is 1. The van der Waals surface area contributed by atoms with Crippen molar-refractivity contribution in [3.8, 4) is 0 Å². The molecule has 104 valence electrons. The first-order valence-corrected chi connectivity index (χ1v) is 7.35. The normalized spacial score (nSPS) is 21.4.